The van der Waals surface area contributed by atoms with Gasteiger partial charge in [-0.25, -0.2) is 4.39 Å². The maximum Gasteiger partial charge on any atom is 0.146 e. The van der Waals surface area contributed by atoms with Crippen LogP contribution in [0.1, 0.15) is 19.3 Å². The summed E-state index contributed by atoms with van der Waals surface area (Å²) in [4.78, 5) is 1.91. The lowest BCUT2D eigenvalue weighted by atomic mass is 9.77. The van der Waals surface area contributed by atoms with Crippen molar-refractivity contribution in [1.29, 1.82) is 0 Å². The van der Waals surface area contributed by atoms with Crippen molar-refractivity contribution >= 4 is 5.69 Å². The first-order valence-corrected chi connectivity index (χ1v) is 5.35. The number of rotatable bonds is 3. The molecule has 0 radical (unpaired) electrons. The van der Waals surface area contributed by atoms with Gasteiger partial charge in [-0.3, -0.25) is 0 Å². The molecule has 2 N–H and O–H groups in total. The van der Waals surface area contributed by atoms with Gasteiger partial charge in [0.25, 0.3) is 0 Å². The molecule has 0 heterocycles. The Labute approximate surface area is 89.9 Å². The van der Waals surface area contributed by atoms with Gasteiger partial charge in [0.2, 0.25) is 0 Å². The Balaban J connectivity index is 2.07. The second-order valence-corrected chi connectivity index (χ2v) is 4.52. The van der Waals surface area contributed by atoms with E-state index < -0.39 is 0 Å². The molecule has 0 atom stereocenters. The van der Waals surface area contributed by atoms with Crippen LogP contribution >= 0.6 is 0 Å². The zero-order valence-electron chi connectivity index (χ0n) is 9.04. The zero-order chi connectivity index (χ0) is 10.9. The van der Waals surface area contributed by atoms with Gasteiger partial charge in [0.1, 0.15) is 5.82 Å². The average Bonchev–Trinajstić information content (AvgIpc) is 2.16. The van der Waals surface area contributed by atoms with Crippen molar-refractivity contribution < 1.29 is 4.39 Å². The number of hydrogen-bond acceptors (Lipinski definition) is 2. The van der Waals surface area contributed by atoms with Crippen LogP contribution in [0.5, 0.6) is 0 Å². The van der Waals surface area contributed by atoms with Crippen molar-refractivity contribution in [3.05, 3.63) is 30.1 Å². The number of anilines is 1. The summed E-state index contributed by atoms with van der Waals surface area (Å²) in [6.45, 7) is 0.730. The summed E-state index contributed by atoms with van der Waals surface area (Å²) in [6, 6.07) is 6.82. The van der Waals surface area contributed by atoms with E-state index >= 15 is 0 Å². The molecule has 3 heteroatoms. The van der Waals surface area contributed by atoms with Crippen molar-refractivity contribution in [2.45, 2.75) is 24.8 Å². The van der Waals surface area contributed by atoms with E-state index in [4.69, 9.17) is 5.73 Å². The Morgan fingerprint density at radius 1 is 1.40 bits per heavy atom. The highest BCUT2D eigenvalue weighted by atomic mass is 19.1. The van der Waals surface area contributed by atoms with Crippen LogP contribution in [0.2, 0.25) is 0 Å². The topological polar surface area (TPSA) is 29.3 Å². The highest BCUT2D eigenvalue weighted by molar-refractivity contribution is 5.47. The molecule has 0 spiro atoms. The Morgan fingerprint density at radius 2 is 2.07 bits per heavy atom. The van der Waals surface area contributed by atoms with E-state index in [-0.39, 0.29) is 11.4 Å². The molecule has 2 nitrogen and oxygen atoms in total. The molecule has 0 amide bonds. The van der Waals surface area contributed by atoms with E-state index in [9.17, 15) is 4.39 Å². The van der Waals surface area contributed by atoms with Crippen LogP contribution in [-0.2, 0) is 0 Å². The highest BCUT2D eigenvalue weighted by Gasteiger charge is 2.33. The average molecular weight is 208 g/mol. The molecule has 1 saturated carbocycles. The van der Waals surface area contributed by atoms with E-state index in [1.54, 1.807) is 12.1 Å². The smallest absolute Gasteiger partial charge is 0.146 e. The van der Waals surface area contributed by atoms with Crippen molar-refractivity contribution in [3.63, 3.8) is 0 Å². The molecule has 0 aromatic heterocycles. The third kappa shape index (κ3) is 2.12. The quantitative estimate of drug-likeness (QED) is 0.824. The molecule has 1 aliphatic carbocycles. The highest BCUT2D eigenvalue weighted by Crippen LogP contribution is 2.31. The summed E-state index contributed by atoms with van der Waals surface area (Å²) in [5, 5.41) is 0. The molecule has 15 heavy (non-hydrogen) atoms. The fraction of sp³-hybridized carbons (Fsp3) is 0.500. The second kappa shape index (κ2) is 3.81. The van der Waals surface area contributed by atoms with Crippen LogP contribution in [0.3, 0.4) is 0 Å². The lowest BCUT2D eigenvalue weighted by Gasteiger charge is -2.41. The Hall–Kier alpha value is -1.09. The standard InChI is InChI=1S/C12H17FN2/c1-15(9-12(14)7-4-8-12)11-6-3-2-5-10(11)13/h2-3,5-6H,4,7-9,14H2,1H3. The van der Waals surface area contributed by atoms with Crippen LogP contribution in [-0.4, -0.2) is 19.1 Å². The SMILES string of the molecule is CN(CC1(N)CCC1)c1ccccc1F. The normalized spacial score (nSPS) is 18.3. The first kappa shape index (κ1) is 10.4. The summed E-state index contributed by atoms with van der Waals surface area (Å²) < 4.78 is 13.5. The lowest BCUT2D eigenvalue weighted by Crippen LogP contribution is -2.54. The molecular weight excluding hydrogens is 191 g/mol. The Morgan fingerprint density at radius 3 is 2.60 bits per heavy atom. The largest absolute Gasteiger partial charge is 0.370 e. The van der Waals surface area contributed by atoms with Crippen LogP contribution in [0, 0.1) is 5.82 Å². The summed E-state index contributed by atoms with van der Waals surface area (Å²) in [5.41, 5.74) is 6.66. The van der Waals surface area contributed by atoms with E-state index in [1.165, 1.54) is 12.5 Å². The molecule has 0 saturated heterocycles. The van der Waals surface area contributed by atoms with Gasteiger partial charge in [0.05, 0.1) is 5.69 Å². The minimum absolute atomic E-state index is 0.100. The van der Waals surface area contributed by atoms with E-state index in [2.05, 4.69) is 0 Å². The molecule has 82 valence electrons. The molecule has 0 bridgehead atoms. The van der Waals surface area contributed by atoms with Gasteiger partial charge in [-0.05, 0) is 31.4 Å². The molecule has 2 rings (SSSR count). The maximum absolute atomic E-state index is 13.5. The predicted molar refractivity (Wildman–Crippen MR) is 60.4 cm³/mol. The molecule has 1 aromatic carbocycles. The third-order valence-electron chi connectivity index (χ3n) is 3.17. The first-order valence-electron chi connectivity index (χ1n) is 5.35. The monoisotopic (exact) mass is 208 g/mol. The molecule has 0 unspecified atom stereocenters. The van der Waals surface area contributed by atoms with Gasteiger partial charge in [-0.1, -0.05) is 12.1 Å². The molecular formula is C12H17FN2. The number of likely N-dealkylation sites (N-methyl/N-ethyl adjacent to an activating group) is 1. The van der Waals surface area contributed by atoms with Crippen LogP contribution in [0.25, 0.3) is 0 Å². The second-order valence-electron chi connectivity index (χ2n) is 4.52. The minimum Gasteiger partial charge on any atom is -0.370 e. The van der Waals surface area contributed by atoms with Crippen molar-refractivity contribution in [1.82, 2.24) is 0 Å². The van der Waals surface area contributed by atoms with Crippen molar-refractivity contribution in [2.75, 3.05) is 18.5 Å². The maximum atomic E-state index is 13.5. The summed E-state index contributed by atoms with van der Waals surface area (Å²) in [5.74, 6) is -0.178. The Bertz CT molecular complexity index is 347. The van der Waals surface area contributed by atoms with Gasteiger partial charge in [-0.2, -0.15) is 0 Å². The van der Waals surface area contributed by atoms with Gasteiger partial charge in [0, 0.05) is 19.1 Å². The number of benzene rings is 1. The number of nitrogens with zero attached hydrogens (tertiary/aromatic N) is 1. The van der Waals surface area contributed by atoms with Crippen LogP contribution in [0.4, 0.5) is 10.1 Å². The van der Waals surface area contributed by atoms with E-state index in [1.807, 2.05) is 18.0 Å². The van der Waals surface area contributed by atoms with E-state index in [0.29, 0.717) is 5.69 Å². The van der Waals surface area contributed by atoms with Gasteiger partial charge >= 0.3 is 0 Å². The first-order chi connectivity index (χ1) is 7.11. The van der Waals surface area contributed by atoms with E-state index in [0.717, 1.165) is 19.4 Å². The van der Waals surface area contributed by atoms with Gasteiger partial charge in [0.15, 0.2) is 0 Å². The van der Waals surface area contributed by atoms with Gasteiger partial charge in [-0.15, -0.1) is 0 Å². The van der Waals surface area contributed by atoms with Gasteiger partial charge < -0.3 is 10.6 Å². The summed E-state index contributed by atoms with van der Waals surface area (Å²) in [7, 11) is 1.89. The van der Waals surface area contributed by atoms with Crippen LogP contribution < -0.4 is 10.6 Å². The van der Waals surface area contributed by atoms with Crippen molar-refractivity contribution in [3.8, 4) is 0 Å². The third-order valence-corrected chi connectivity index (χ3v) is 3.17. The number of halogens is 1. The number of nitrogens with two attached hydrogens (primary N) is 1. The molecule has 0 aliphatic heterocycles. The summed E-state index contributed by atoms with van der Waals surface area (Å²) >= 11 is 0. The van der Waals surface area contributed by atoms with Crippen LogP contribution in [0.15, 0.2) is 24.3 Å². The lowest BCUT2D eigenvalue weighted by molar-refractivity contribution is 0.255. The number of hydrogen-bond donors (Lipinski definition) is 1. The zero-order valence-corrected chi connectivity index (χ0v) is 9.04. The number of para-hydroxylation sites is 1. The Kier molecular flexibility index (Phi) is 2.65. The predicted octanol–water partition coefficient (Wildman–Crippen LogP) is 2.14. The van der Waals surface area contributed by atoms with Crippen molar-refractivity contribution in [2.24, 2.45) is 5.73 Å². The molecule has 1 fully saturated rings. The molecule has 1 aromatic rings. The fourth-order valence-electron chi connectivity index (χ4n) is 2.11. The minimum atomic E-state index is -0.178. The summed E-state index contributed by atoms with van der Waals surface area (Å²) in [6.07, 6.45) is 3.29. The fourth-order valence-corrected chi connectivity index (χ4v) is 2.11. The molecule has 1 aliphatic rings.